The van der Waals surface area contributed by atoms with Gasteiger partial charge in [0.2, 0.25) is 17.7 Å². The molecule has 0 saturated carbocycles. The van der Waals surface area contributed by atoms with Crippen molar-refractivity contribution in [2.45, 2.75) is 17.7 Å². The van der Waals surface area contributed by atoms with Crippen molar-refractivity contribution in [3.63, 3.8) is 0 Å². The number of benzene rings is 2. The molecule has 3 aromatic rings. The van der Waals surface area contributed by atoms with E-state index in [1.54, 1.807) is 24.3 Å². The van der Waals surface area contributed by atoms with Crippen molar-refractivity contribution in [3.05, 3.63) is 86.3 Å². The molecule has 2 aromatic carbocycles. The Morgan fingerprint density at radius 2 is 1.78 bits per heavy atom. The molecule has 4 rings (SSSR count). The Morgan fingerprint density at radius 3 is 2.41 bits per heavy atom. The molecule has 0 aliphatic carbocycles. The summed E-state index contributed by atoms with van der Waals surface area (Å²) in [6.07, 6.45) is -0.181. The van der Waals surface area contributed by atoms with Crippen LogP contribution in [-0.4, -0.2) is 51.4 Å². The SMILES string of the molecule is CN(C)c1ccc([C@H](N=C2NC(=O)[C@@H](CC(=O)Nc3ccc(F)cc3)S2)c2c(O)[nH]c(=O)[nH]c2=O)cc1. The van der Waals surface area contributed by atoms with Crippen molar-refractivity contribution in [2.24, 2.45) is 4.99 Å². The van der Waals surface area contributed by atoms with Crippen LogP contribution in [0.4, 0.5) is 15.8 Å². The summed E-state index contributed by atoms with van der Waals surface area (Å²) < 4.78 is 13.1. The maximum Gasteiger partial charge on any atom is 0.328 e. The topological polar surface area (TPSA) is 160 Å². The van der Waals surface area contributed by atoms with Gasteiger partial charge in [0.25, 0.3) is 5.56 Å². The van der Waals surface area contributed by atoms with Crippen LogP contribution >= 0.6 is 11.8 Å². The maximum atomic E-state index is 13.1. The lowest BCUT2D eigenvalue weighted by atomic mass is 10.0. The van der Waals surface area contributed by atoms with Crippen molar-refractivity contribution < 1.29 is 19.1 Å². The number of hydrogen-bond acceptors (Lipinski definition) is 8. The van der Waals surface area contributed by atoms with E-state index in [0.29, 0.717) is 11.3 Å². The fraction of sp³-hybridized carbons (Fsp3) is 0.208. The number of hydrogen-bond donors (Lipinski definition) is 5. The fourth-order valence-corrected chi connectivity index (χ4v) is 4.63. The number of thioether (sulfide) groups is 1. The lowest BCUT2D eigenvalue weighted by Gasteiger charge is -2.17. The van der Waals surface area contributed by atoms with Gasteiger partial charge in [0.1, 0.15) is 22.7 Å². The third-order valence-corrected chi connectivity index (χ3v) is 6.57. The molecule has 0 bridgehead atoms. The monoisotopic (exact) mass is 526 g/mol. The molecule has 2 amide bonds. The van der Waals surface area contributed by atoms with Crippen LogP contribution in [0, 0.1) is 5.82 Å². The van der Waals surface area contributed by atoms with Crippen molar-refractivity contribution in [2.75, 3.05) is 24.3 Å². The van der Waals surface area contributed by atoms with Crippen LogP contribution in [0.3, 0.4) is 0 Å². The van der Waals surface area contributed by atoms with Crippen LogP contribution in [0.25, 0.3) is 0 Å². The van der Waals surface area contributed by atoms with Crippen molar-refractivity contribution in [1.29, 1.82) is 0 Å². The highest BCUT2D eigenvalue weighted by Crippen LogP contribution is 2.32. The zero-order valence-corrected chi connectivity index (χ0v) is 20.6. The minimum Gasteiger partial charge on any atom is -0.494 e. The Labute approximate surface area is 213 Å². The van der Waals surface area contributed by atoms with Gasteiger partial charge in [-0.3, -0.25) is 24.4 Å². The average molecular weight is 527 g/mol. The molecule has 11 nitrogen and oxygen atoms in total. The fourth-order valence-electron chi connectivity index (χ4n) is 3.63. The minimum atomic E-state index is -1.08. The minimum absolute atomic E-state index is 0.135. The van der Waals surface area contributed by atoms with Crippen LogP contribution < -0.4 is 26.8 Å². The lowest BCUT2D eigenvalue weighted by Crippen LogP contribution is -2.29. The van der Waals surface area contributed by atoms with E-state index < -0.39 is 46.1 Å². The van der Waals surface area contributed by atoms with E-state index in [1.165, 1.54) is 24.3 Å². The van der Waals surface area contributed by atoms with E-state index in [-0.39, 0.29) is 17.2 Å². The highest BCUT2D eigenvalue weighted by atomic mass is 32.2. The largest absolute Gasteiger partial charge is 0.494 e. The molecule has 0 spiro atoms. The molecule has 1 aliphatic rings. The number of aliphatic imine (C=N–C) groups is 1. The molecule has 37 heavy (non-hydrogen) atoms. The first-order valence-electron chi connectivity index (χ1n) is 11.0. The average Bonchev–Trinajstić information content (AvgIpc) is 3.17. The second-order valence-electron chi connectivity index (χ2n) is 8.35. The lowest BCUT2D eigenvalue weighted by molar-refractivity contribution is -0.122. The van der Waals surface area contributed by atoms with E-state index in [0.717, 1.165) is 17.4 Å². The molecule has 1 aliphatic heterocycles. The quantitative estimate of drug-likeness (QED) is 0.313. The number of rotatable bonds is 7. The van der Waals surface area contributed by atoms with Gasteiger partial charge in [-0.2, -0.15) is 0 Å². The number of nitrogens with zero attached hydrogens (tertiary/aromatic N) is 2. The van der Waals surface area contributed by atoms with E-state index in [2.05, 4.69) is 25.6 Å². The molecule has 1 saturated heterocycles. The molecular formula is C24H23FN6O5S. The zero-order valence-electron chi connectivity index (χ0n) is 19.7. The molecule has 1 aromatic heterocycles. The van der Waals surface area contributed by atoms with E-state index >= 15 is 0 Å². The standard InChI is InChI=1S/C24H23FN6O5S/c1-31(2)15-9-3-12(4-10-15)19(18-21(34)28-23(36)29-22(18)35)27-24-30-20(33)16(37-24)11-17(32)26-14-7-5-13(25)6-8-14/h3-10,16,19H,11H2,1-2H3,(H,26,32)(H,27,30,33)(H3,28,29,34,35,36)/t16-,19+/m1/s1. The first kappa shape index (κ1) is 25.7. The first-order chi connectivity index (χ1) is 17.6. The van der Waals surface area contributed by atoms with Crippen LogP contribution in [0.1, 0.15) is 23.6 Å². The van der Waals surface area contributed by atoms with Gasteiger partial charge < -0.3 is 20.6 Å². The van der Waals surface area contributed by atoms with Gasteiger partial charge in [-0.1, -0.05) is 23.9 Å². The van der Waals surface area contributed by atoms with Crippen LogP contribution in [-0.2, 0) is 9.59 Å². The molecule has 2 atom stereocenters. The van der Waals surface area contributed by atoms with Crippen LogP contribution in [0.2, 0.25) is 0 Å². The highest BCUT2D eigenvalue weighted by Gasteiger charge is 2.33. The predicted molar refractivity (Wildman–Crippen MR) is 139 cm³/mol. The summed E-state index contributed by atoms with van der Waals surface area (Å²) in [6, 6.07) is 11.2. The summed E-state index contributed by atoms with van der Waals surface area (Å²) >= 11 is 0.995. The Hall–Kier alpha value is -4.39. The van der Waals surface area contributed by atoms with E-state index in [9.17, 15) is 28.7 Å². The second-order valence-corrected chi connectivity index (χ2v) is 9.54. The van der Waals surface area contributed by atoms with Gasteiger partial charge in [-0.05, 0) is 42.0 Å². The smallest absolute Gasteiger partial charge is 0.328 e. The highest BCUT2D eigenvalue weighted by molar-refractivity contribution is 8.15. The number of amidine groups is 1. The summed E-state index contributed by atoms with van der Waals surface area (Å²) in [5.41, 5.74) is -0.146. The Bertz CT molecular complexity index is 1470. The van der Waals surface area contributed by atoms with Crippen LogP contribution in [0.15, 0.2) is 63.1 Å². The number of aromatic nitrogens is 2. The normalized spacial score (nSPS) is 16.9. The van der Waals surface area contributed by atoms with Crippen molar-refractivity contribution in [3.8, 4) is 5.88 Å². The molecule has 192 valence electrons. The molecule has 2 heterocycles. The molecule has 5 N–H and O–H groups in total. The third kappa shape index (κ3) is 6.06. The van der Waals surface area contributed by atoms with Crippen LogP contribution in [0.5, 0.6) is 5.88 Å². The Kier molecular flexibility index (Phi) is 7.43. The van der Waals surface area contributed by atoms with E-state index in [1.807, 2.05) is 19.0 Å². The Morgan fingerprint density at radius 1 is 1.11 bits per heavy atom. The zero-order chi connectivity index (χ0) is 26.7. The van der Waals surface area contributed by atoms with Gasteiger partial charge in [0, 0.05) is 31.9 Å². The maximum absolute atomic E-state index is 13.1. The Balaban J connectivity index is 1.60. The van der Waals surface area contributed by atoms with Crippen molar-refractivity contribution >= 4 is 40.1 Å². The number of aromatic hydroxyl groups is 1. The number of amides is 2. The van der Waals surface area contributed by atoms with Gasteiger partial charge in [0.05, 0.1) is 0 Å². The summed E-state index contributed by atoms with van der Waals surface area (Å²) in [5, 5.41) is 14.9. The van der Waals surface area contributed by atoms with Gasteiger partial charge in [-0.15, -0.1) is 0 Å². The summed E-state index contributed by atoms with van der Waals surface area (Å²) in [7, 11) is 3.73. The number of halogens is 1. The number of H-pyrrole nitrogens is 2. The van der Waals surface area contributed by atoms with Crippen molar-refractivity contribution in [1.82, 2.24) is 15.3 Å². The number of aromatic amines is 2. The number of carbonyl (C=O) groups excluding carboxylic acids is 2. The van der Waals surface area contributed by atoms with Gasteiger partial charge >= 0.3 is 5.69 Å². The van der Waals surface area contributed by atoms with E-state index in [4.69, 9.17) is 0 Å². The molecule has 13 heteroatoms. The number of anilines is 2. The molecular weight excluding hydrogens is 503 g/mol. The molecule has 0 radical (unpaired) electrons. The summed E-state index contributed by atoms with van der Waals surface area (Å²) in [6.45, 7) is 0. The number of nitrogens with one attached hydrogen (secondary N) is 4. The van der Waals surface area contributed by atoms with Gasteiger partial charge in [-0.25, -0.2) is 14.2 Å². The van der Waals surface area contributed by atoms with Gasteiger partial charge in [0.15, 0.2) is 5.17 Å². The molecule has 0 unspecified atom stereocenters. The summed E-state index contributed by atoms with van der Waals surface area (Å²) in [5.74, 6) is -2.00. The molecule has 1 fully saturated rings. The summed E-state index contributed by atoms with van der Waals surface area (Å²) in [4.78, 5) is 59.8. The number of carbonyl (C=O) groups is 2. The predicted octanol–water partition coefficient (Wildman–Crippen LogP) is 1.68. The first-order valence-corrected chi connectivity index (χ1v) is 11.9. The third-order valence-electron chi connectivity index (χ3n) is 5.48. The second kappa shape index (κ2) is 10.7.